The number of piperidine rings is 1. The average molecular weight is 468 g/mol. The summed E-state index contributed by atoms with van der Waals surface area (Å²) in [5, 5.41) is 6.16. The molecule has 4 heterocycles. The molecule has 0 unspecified atom stereocenters. The molecule has 1 aromatic carbocycles. The fourth-order valence-electron chi connectivity index (χ4n) is 5.43. The van der Waals surface area contributed by atoms with Gasteiger partial charge in [-0.3, -0.25) is 4.79 Å². The maximum absolute atomic E-state index is 15.0. The lowest BCUT2D eigenvalue weighted by molar-refractivity contribution is -0.128. The quantitative estimate of drug-likeness (QED) is 0.700. The molecule has 2 aromatic rings. The molecule has 182 valence electrons. The van der Waals surface area contributed by atoms with Gasteiger partial charge in [0.25, 0.3) is 0 Å². The maximum Gasteiger partial charge on any atom is 0.229 e. The highest BCUT2D eigenvalue weighted by molar-refractivity contribution is 5.85. The zero-order valence-corrected chi connectivity index (χ0v) is 20.1. The molecule has 3 fully saturated rings. The normalized spacial score (nSPS) is 20.6. The summed E-state index contributed by atoms with van der Waals surface area (Å²) in [4.78, 5) is 28.2. The van der Waals surface area contributed by atoms with Crippen LogP contribution in [-0.2, 0) is 4.79 Å². The number of likely N-dealkylation sites (N-methyl/N-ethyl adjacent to an activating group) is 1. The van der Waals surface area contributed by atoms with E-state index in [1.165, 1.54) is 6.07 Å². The van der Waals surface area contributed by atoms with Crippen LogP contribution in [0.25, 0.3) is 0 Å². The molecule has 1 spiro atoms. The Balaban J connectivity index is 1.26. The van der Waals surface area contributed by atoms with Crippen molar-refractivity contribution in [1.29, 1.82) is 0 Å². The topological polar surface area (TPSA) is 76.6 Å². The number of nitrogens with one attached hydrogen (secondary N) is 2. The van der Waals surface area contributed by atoms with Crippen molar-refractivity contribution in [2.75, 3.05) is 67.5 Å². The minimum absolute atomic E-state index is 0.201. The van der Waals surface area contributed by atoms with E-state index in [4.69, 9.17) is 4.98 Å². The van der Waals surface area contributed by atoms with Gasteiger partial charge in [0.2, 0.25) is 11.9 Å². The van der Waals surface area contributed by atoms with Crippen LogP contribution in [0.15, 0.2) is 24.4 Å². The first-order valence-electron chi connectivity index (χ1n) is 12.4. The number of carbonyl (C=O) groups excluding carboxylic acids is 1. The number of nitrogens with zero attached hydrogens (tertiary/aromatic N) is 5. The standard InChI is InChI=1S/C25H34FN7O/c1-3-31-12-14-32(15-13-31)21-5-4-19(16-20(21)26)29-24-28-17-18(2)22(30-24)33-10-7-25(8-11-33)6-9-27-23(25)34/h4-5,16-17H,3,6-15H2,1-2H3,(H,27,34)(H,28,29,30). The zero-order valence-electron chi connectivity index (χ0n) is 20.1. The first-order valence-corrected chi connectivity index (χ1v) is 12.4. The van der Waals surface area contributed by atoms with Crippen molar-refractivity contribution >= 4 is 29.0 Å². The monoisotopic (exact) mass is 467 g/mol. The Bertz CT molecular complexity index is 1050. The Kier molecular flexibility index (Phi) is 6.29. The summed E-state index contributed by atoms with van der Waals surface area (Å²) in [7, 11) is 0. The van der Waals surface area contributed by atoms with Gasteiger partial charge in [-0.1, -0.05) is 6.92 Å². The van der Waals surface area contributed by atoms with E-state index in [1.54, 1.807) is 6.20 Å². The molecular formula is C25H34FN7O. The molecule has 0 atom stereocenters. The zero-order chi connectivity index (χ0) is 23.7. The van der Waals surface area contributed by atoms with E-state index in [2.05, 4.69) is 37.2 Å². The summed E-state index contributed by atoms with van der Waals surface area (Å²) < 4.78 is 15.0. The van der Waals surface area contributed by atoms with Crippen molar-refractivity contribution in [2.24, 2.45) is 5.41 Å². The molecule has 3 aliphatic rings. The highest BCUT2D eigenvalue weighted by atomic mass is 19.1. The lowest BCUT2D eigenvalue weighted by Gasteiger charge is -2.38. The summed E-state index contributed by atoms with van der Waals surface area (Å²) in [5.74, 6) is 1.28. The second kappa shape index (κ2) is 9.37. The molecule has 34 heavy (non-hydrogen) atoms. The van der Waals surface area contributed by atoms with Crippen molar-refractivity contribution < 1.29 is 9.18 Å². The van der Waals surface area contributed by atoms with Gasteiger partial charge in [0.15, 0.2) is 0 Å². The van der Waals surface area contributed by atoms with Crippen molar-refractivity contribution in [3.63, 3.8) is 0 Å². The van der Waals surface area contributed by atoms with Gasteiger partial charge in [-0.15, -0.1) is 0 Å². The number of hydrogen-bond acceptors (Lipinski definition) is 7. The van der Waals surface area contributed by atoms with E-state index in [9.17, 15) is 9.18 Å². The molecule has 9 heteroatoms. The minimum Gasteiger partial charge on any atom is -0.367 e. The summed E-state index contributed by atoms with van der Waals surface area (Å²) in [6.45, 7) is 11.1. The first kappa shape index (κ1) is 22.8. The number of aryl methyl sites for hydroxylation is 1. The van der Waals surface area contributed by atoms with E-state index in [0.29, 0.717) is 17.3 Å². The molecule has 3 saturated heterocycles. The largest absolute Gasteiger partial charge is 0.367 e. The SMILES string of the molecule is CCN1CCN(c2ccc(Nc3ncc(C)c(N4CCC5(CCNC5=O)CC4)n3)cc2F)CC1. The second-order valence-electron chi connectivity index (χ2n) is 9.69. The van der Waals surface area contributed by atoms with Crippen LogP contribution >= 0.6 is 0 Å². The maximum atomic E-state index is 15.0. The Morgan fingerprint density at radius 2 is 1.85 bits per heavy atom. The Morgan fingerprint density at radius 1 is 1.09 bits per heavy atom. The van der Waals surface area contributed by atoms with E-state index in [0.717, 1.165) is 83.0 Å². The molecule has 3 aliphatic heterocycles. The molecule has 2 N–H and O–H groups in total. The Labute approximate surface area is 200 Å². The van der Waals surface area contributed by atoms with Gasteiger partial charge in [0.1, 0.15) is 11.6 Å². The highest BCUT2D eigenvalue weighted by Crippen LogP contribution is 2.39. The number of piperazine rings is 1. The van der Waals surface area contributed by atoms with Gasteiger partial charge in [0, 0.05) is 63.3 Å². The van der Waals surface area contributed by atoms with Crippen LogP contribution in [0.3, 0.4) is 0 Å². The number of carbonyl (C=O) groups is 1. The average Bonchev–Trinajstić information content (AvgIpc) is 3.20. The van der Waals surface area contributed by atoms with E-state index in [1.807, 2.05) is 19.1 Å². The number of rotatable bonds is 5. The van der Waals surface area contributed by atoms with E-state index in [-0.39, 0.29) is 17.1 Å². The third-order valence-electron chi connectivity index (χ3n) is 7.70. The van der Waals surface area contributed by atoms with Gasteiger partial charge in [-0.05, 0) is 50.9 Å². The molecule has 8 nitrogen and oxygen atoms in total. The van der Waals surface area contributed by atoms with Crippen LogP contribution < -0.4 is 20.4 Å². The van der Waals surface area contributed by atoms with Crippen molar-refractivity contribution in [2.45, 2.75) is 33.1 Å². The number of halogens is 1. The number of hydrogen-bond donors (Lipinski definition) is 2. The van der Waals surface area contributed by atoms with Crippen molar-refractivity contribution in [1.82, 2.24) is 20.2 Å². The van der Waals surface area contributed by atoms with Gasteiger partial charge in [-0.2, -0.15) is 4.98 Å². The van der Waals surface area contributed by atoms with Crippen LogP contribution in [-0.4, -0.2) is 73.1 Å². The lowest BCUT2D eigenvalue weighted by atomic mass is 9.77. The van der Waals surface area contributed by atoms with Gasteiger partial charge < -0.3 is 25.3 Å². The number of anilines is 4. The van der Waals surface area contributed by atoms with Crippen molar-refractivity contribution in [3.8, 4) is 0 Å². The molecule has 0 radical (unpaired) electrons. The minimum atomic E-state index is -0.238. The molecule has 1 aromatic heterocycles. The summed E-state index contributed by atoms with van der Waals surface area (Å²) in [6, 6.07) is 5.25. The fraction of sp³-hybridized carbons (Fsp3) is 0.560. The number of aromatic nitrogens is 2. The highest BCUT2D eigenvalue weighted by Gasteiger charge is 2.44. The predicted octanol–water partition coefficient (Wildman–Crippen LogP) is 2.92. The molecule has 1 amide bonds. The van der Waals surface area contributed by atoms with E-state index < -0.39 is 0 Å². The number of amides is 1. The summed E-state index contributed by atoms with van der Waals surface area (Å²) in [6.07, 6.45) is 4.40. The van der Waals surface area contributed by atoms with Gasteiger partial charge in [-0.25, -0.2) is 9.37 Å². The molecule has 0 bridgehead atoms. The van der Waals surface area contributed by atoms with Crippen LogP contribution in [0.1, 0.15) is 31.7 Å². The third-order valence-corrected chi connectivity index (χ3v) is 7.70. The second-order valence-corrected chi connectivity index (χ2v) is 9.69. The Morgan fingerprint density at radius 3 is 2.50 bits per heavy atom. The van der Waals surface area contributed by atoms with Crippen LogP contribution in [0.5, 0.6) is 0 Å². The van der Waals surface area contributed by atoms with Gasteiger partial charge in [0.05, 0.1) is 11.1 Å². The summed E-state index contributed by atoms with van der Waals surface area (Å²) >= 11 is 0. The van der Waals surface area contributed by atoms with Crippen LogP contribution in [0, 0.1) is 18.2 Å². The number of benzene rings is 1. The molecule has 0 aliphatic carbocycles. The molecule has 0 saturated carbocycles. The van der Waals surface area contributed by atoms with E-state index >= 15 is 0 Å². The molecular weight excluding hydrogens is 433 g/mol. The molecule has 5 rings (SSSR count). The third kappa shape index (κ3) is 4.41. The fourth-order valence-corrected chi connectivity index (χ4v) is 5.43. The van der Waals surface area contributed by atoms with Gasteiger partial charge >= 0.3 is 0 Å². The lowest BCUT2D eigenvalue weighted by Crippen LogP contribution is -2.46. The Hall–Kier alpha value is -2.94. The smallest absolute Gasteiger partial charge is 0.229 e. The first-order chi connectivity index (χ1) is 16.5. The summed E-state index contributed by atoms with van der Waals surface area (Å²) in [5.41, 5.74) is 2.06. The van der Waals surface area contributed by atoms with Crippen molar-refractivity contribution in [3.05, 3.63) is 35.8 Å². The van der Waals surface area contributed by atoms with Crippen LogP contribution in [0.4, 0.5) is 27.5 Å². The predicted molar refractivity (Wildman–Crippen MR) is 132 cm³/mol. The van der Waals surface area contributed by atoms with Crippen LogP contribution in [0.2, 0.25) is 0 Å².